The number of alkyl halides is 3. The molecule has 1 nitrogen and oxygen atoms in total. The van der Waals surface area contributed by atoms with Crippen molar-refractivity contribution in [2.75, 3.05) is 0 Å². The standard InChI is InChI=1S/C21H19F4N/c22-20-18(7-4-8-19(20)21(23,24)25)15-11-16-9-10-17(12-15)26(16)13-14-5-2-1-3-6-14/h1-8,11,16-17H,9-10,12-13H2. The summed E-state index contributed by atoms with van der Waals surface area (Å²) >= 11 is 0. The third kappa shape index (κ3) is 3.16. The summed E-state index contributed by atoms with van der Waals surface area (Å²) in [5.74, 6) is -1.15. The van der Waals surface area contributed by atoms with Crippen molar-refractivity contribution in [1.82, 2.24) is 4.90 Å². The van der Waals surface area contributed by atoms with Crippen molar-refractivity contribution in [1.29, 1.82) is 0 Å². The maximum absolute atomic E-state index is 14.5. The van der Waals surface area contributed by atoms with Crippen molar-refractivity contribution in [2.45, 2.75) is 44.1 Å². The summed E-state index contributed by atoms with van der Waals surface area (Å²) in [6.45, 7) is 0.811. The van der Waals surface area contributed by atoms with E-state index in [-0.39, 0.29) is 17.6 Å². The van der Waals surface area contributed by atoms with E-state index in [0.717, 1.165) is 25.5 Å². The molecule has 0 N–H and O–H groups in total. The fourth-order valence-electron chi connectivity index (χ4n) is 4.16. The lowest BCUT2D eigenvalue weighted by Gasteiger charge is -2.34. The first-order valence-electron chi connectivity index (χ1n) is 8.80. The largest absolute Gasteiger partial charge is 0.419 e. The molecular weight excluding hydrogens is 342 g/mol. The number of hydrogen-bond acceptors (Lipinski definition) is 1. The van der Waals surface area contributed by atoms with Gasteiger partial charge in [0.15, 0.2) is 0 Å². The highest BCUT2D eigenvalue weighted by Gasteiger charge is 2.39. The molecule has 2 unspecified atom stereocenters. The average molecular weight is 361 g/mol. The highest BCUT2D eigenvalue weighted by molar-refractivity contribution is 5.69. The van der Waals surface area contributed by atoms with E-state index in [1.165, 1.54) is 17.7 Å². The van der Waals surface area contributed by atoms with Gasteiger partial charge in [0.05, 0.1) is 5.56 Å². The predicted octanol–water partition coefficient (Wildman–Crippen LogP) is 5.66. The Labute approximate surface area is 149 Å². The van der Waals surface area contributed by atoms with Crippen LogP contribution < -0.4 is 0 Å². The van der Waals surface area contributed by atoms with Crippen molar-refractivity contribution >= 4 is 5.57 Å². The van der Waals surface area contributed by atoms with Crippen LogP contribution >= 0.6 is 0 Å². The Balaban J connectivity index is 1.62. The molecule has 0 radical (unpaired) electrons. The van der Waals surface area contributed by atoms with E-state index in [0.29, 0.717) is 12.0 Å². The van der Waals surface area contributed by atoms with Gasteiger partial charge in [-0.3, -0.25) is 4.90 Å². The van der Waals surface area contributed by atoms with Gasteiger partial charge < -0.3 is 0 Å². The van der Waals surface area contributed by atoms with Crippen molar-refractivity contribution < 1.29 is 17.6 Å². The third-order valence-electron chi connectivity index (χ3n) is 5.40. The van der Waals surface area contributed by atoms with Gasteiger partial charge in [-0.25, -0.2) is 4.39 Å². The van der Waals surface area contributed by atoms with Gasteiger partial charge in [-0.05, 0) is 36.5 Å². The summed E-state index contributed by atoms with van der Waals surface area (Å²) in [5.41, 5.74) is 0.822. The van der Waals surface area contributed by atoms with Crippen LogP contribution in [0.5, 0.6) is 0 Å². The zero-order chi connectivity index (χ0) is 18.3. The summed E-state index contributed by atoms with van der Waals surface area (Å²) < 4.78 is 53.5. The molecule has 2 atom stereocenters. The van der Waals surface area contributed by atoms with Crippen molar-refractivity contribution in [3.63, 3.8) is 0 Å². The second-order valence-corrected chi connectivity index (χ2v) is 7.02. The van der Waals surface area contributed by atoms with E-state index in [9.17, 15) is 17.6 Å². The number of nitrogens with zero attached hydrogens (tertiary/aromatic N) is 1. The van der Waals surface area contributed by atoms with Gasteiger partial charge in [-0.2, -0.15) is 13.2 Å². The SMILES string of the molecule is Fc1c(C2=CC3CCC(C2)N3Cc2ccccc2)cccc1C(F)(F)F. The smallest absolute Gasteiger partial charge is 0.289 e. The quantitative estimate of drug-likeness (QED) is 0.637. The van der Waals surface area contributed by atoms with Crippen LogP contribution in [0.2, 0.25) is 0 Å². The number of hydrogen-bond donors (Lipinski definition) is 0. The maximum Gasteiger partial charge on any atom is 0.419 e. The Morgan fingerprint density at radius 2 is 1.73 bits per heavy atom. The molecule has 4 rings (SSSR count). The first-order valence-corrected chi connectivity index (χ1v) is 8.80. The molecule has 2 heterocycles. The summed E-state index contributed by atoms with van der Waals surface area (Å²) in [7, 11) is 0. The Morgan fingerprint density at radius 3 is 2.42 bits per heavy atom. The third-order valence-corrected chi connectivity index (χ3v) is 5.40. The topological polar surface area (TPSA) is 3.24 Å². The zero-order valence-electron chi connectivity index (χ0n) is 14.1. The van der Waals surface area contributed by atoms with E-state index in [1.807, 2.05) is 24.3 Å². The summed E-state index contributed by atoms with van der Waals surface area (Å²) in [5, 5.41) is 0. The van der Waals surface area contributed by atoms with Crippen LogP contribution in [-0.4, -0.2) is 17.0 Å². The normalized spacial score (nSPS) is 23.2. The van der Waals surface area contributed by atoms with Crippen molar-refractivity contribution in [3.05, 3.63) is 77.1 Å². The molecule has 2 aliphatic heterocycles. The molecule has 0 aliphatic carbocycles. The lowest BCUT2D eigenvalue weighted by molar-refractivity contribution is -0.140. The molecule has 2 aromatic rings. The molecule has 0 aromatic heterocycles. The lowest BCUT2D eigenvalue weighted by Crippen LogP contribution is -2.37. The Bertz CT molecular complexity index is 826. The number of halogens is 4. The lowest BCUT2D eigenvalue weighted by atomic mass is 9.92. The summed E-state index contributed by atoms with van der Waals surface area (Å²) in [6.07, 6.45) is -0.181. The fourth-order valence-corrected chi connectivity index (χ4v) is 4.16. The van der Waals surface area contributed by atoms with E-state index >= 15 is 0 Å². The Morgan fingerprint density at radius 1 is 0.962 bits per heavy atom. The molecule has 0 spiro atoms. The highest BCUT2D eigenvalue weighted by Crippen LogP contribution is 2.41. The minimum atomic E-state index is -4.67. The second-order valence-electron chi connectivity index (χ2n) is 7.02. The van der Waals surface area contributed by atoms with Gasteiger partial charge >= 0.3 is 6.18 Å². The first kappa shape index (κ1) is 17.3. The van der Waals surface area contributed by atoms with E-state index in [4.69, 9.17) is 0 Å². The van der Waals surface area contributed by atoms with Crippen LogP contribution in [0.4, 0.5) is 17.6 Å². The molecule has 1 saturated heterocycles. The van der Waals surface area contributed by atoms with Gasteiger partial charge in [-0.1, -0.05) is 48.5 Å². The molecule has 26 heavy (non-hydrogen) atoms. The Hall–Kier alpha value is -2.14. The summed E-state index contributed by atoms with van der Waals surface area (Å²) in [6, 6.07) is 14.1. The van der Waals surface area contributed by atoms with Crippen LogP contribution in [0.1, 0.15) is 36.0 Å². The minimum absolute atomic E-state index is 0.0936. The molecule has 1 fully saturated rings. The molecule has 136 valence electrons. The van der Waals surface area contributed by atoms with Crippen LogP contribution in [0, 0.1) is 5.82 Å². The number of rotatable bonds is 3. The van der Waals surface area contributed by atoms with E-state index in [1.54, 1.807) is 0 Å². The maximum atomic E-state index is 14.5. The van der Waals surface area contributed by atoms with Crippen LogP contribution in [0.15, 0.2) is 54.6 Å². The van der Waals surface area contributed by atoms with E-state index in [2.05, 4.69) is 17.0 Å². The first-order chi connectivity index (χ1) is 12.4. The molecule has 2 aliphatic rings. The van der Waals surface area contributed by atoms with Gasteiger partial charge in [-0.15, -0.1) is 0 Å². The van der Waals surface area contributed by atoms with E-state index < -0.39 is 17.6 Å². The number of fused-ring (bicyclic) bond motifs is 2. The predicted molar refractivity (Wildman–Crippen MR) is 92.8 cm³/mol. The molecule has 0 saturated carbocycles. The van der Waals surface area contributed by atoms with Gasteiger partial charge in [0.2, 0.25) is 0 Å². The second kappa shape index (κ2) is 6.54. The molecule has 2 bridgehead atoms. The molecular formula is C21H19F4N. The molecule has 2 aromatic carbocycles. The highest BCUT2D eigenvalue weighted by atomic mass is 19.4. The zero-order valence-corrected chi connectivity index (χ0v) is 14.1. The van der Waals surface area contributed by atoms with Crippen molar-refractivity contribution in [3.8, 4) is 0 Å². The van der Waals surface area contributed by atoms with Gasteiger partial charge in [0, 0.05) is 24.2 Å². The monoisotopic (exact) mass is 361 g/mol. The summed E-state index contributed by atoms with van der Waals surface area (Å²) in [4.78, 5) is 2.38. The van der Waals surface area contributed by atoms with Gasteiger partial charge in [0.25, 0.3) is 0 Å². The number of benzene rings is 2. The van der Waals surface area contributed by atoms with Crippen LogP contribution in [0.25, 0.3) is 5.57 Å². The van der Waals surface area contributed by atoms with Crippen LogP contribution in [0.3, 0.4) is 0 Å². The minimum Gasteiger partial charge on any atom is -0.289 e. The molecule has 5 heteroatoms. The van der Waals surface area contributed by atoms with Crippen molar-refractivity contribution in [2.24, 2.45) is 0 Å². The van der Waals surface area contributed by atoms with Gasteiger partial charge in [0.1, 0.15) is 5.82 Å². The fraction of sp³-hybridized carbons (Fsp3) is 0.333. The average Bonchev–Trinajstić information content (AvgIpc) is 2.84. The Kier molecular flexibility index (Phi) is 4.35. The van der Waals surface area contributed by atoms with Crippen LogP contribution in [-0.2, 0) is 12.7 Å². The molecule has 0 amide bonds.